The van der Waals surface area contributed by atoms with E-state index in [1.54, 1.807) is 0 Å². The van der Waals surface area contributed by atoms with E-state index in [2.05, 4.69) is 29.3 Å². The molecule has 2 unspecified atom stereocenters. The summed E-state index contributed by atoms with van der Waals surface area (Å²) in [7, 11) is 0. The molecule has 0 spiro atoms. The quantitative estimate of drug-likeness (QED) is 0.908. The maximum Gasteiger partial charge on any atom is 0.192 e. The van der Waals surface area contributed by atoms with Gasteiger partial charge in [0.15, 0.2) is 5.79 Å². The third-order valence-electron chi connectivity index (χ3n) is 4.31. The summed E-state index contributed by atoms with van der Waals surface area (Å²) in [6, 6.07) is 10.8. The van der Waals surface area contributed by atoms with Crippen molar-refractivity contribution in [1.82, 2.24) is 10.2 Å². The van der Waals surface area contributed by atoms with Crippen molar-refractivity contribution < 1.29 is 9.47 Å². The van der Waals surface area contributed by atoms with Crippen LogP contribution in [0, 0.1) is 0 Å². The minimum atomic E-state index is -0.594. The Morgan fingerprint density at radius 3 is 2.90 bits per heavy atom. The lowest BCUT2D eigenvalue weighted by atomic mass is 10.1. The number of nitrogens with zero attached hydrogens (tertiary/aromatic N) is 1. The topological polar surface area (TPSA) is 33.7 Å². The van der Waals surface area contributed by atoms with Crippen LogP contribution in [-0.2, 0) is 15.3 Å². The van der Waals surface area contributed by atoms with Crippen LogP contribution in [0.25, 0.3) is 0 Å². The van der Waals surface area contributed by atoms with Crippen LogP contribution < -0.4 is 5.32 Å². The van der Waals surface area contributed by atoms with Crippen LogP contribution >= 0.6 is 0 Å². The Kier molecular flexibility index (Phi) is 4.08. The minimum Gasteiger partial charge on any atom is -0.343 e. The molecule has 0 aliphatic carbocycles. The molecule has 2 fully saturated rings. The zero-order valence-electron chi connectivity index (χ0n) is 12.3. The van der Waals surface area contributed by atoms with Crippen LogP contribution in [0.1, 0.15) is 19.4 Å². The van der Waals surface area contributed by atoms with Crippen molar-refractivity contribution in [3.05, 3.63) is 35.9 Å². The first-order chi connectivity index (χ1) is 9.67. The molecular formula is C16H24N2O2. The smallest absolute Gasteiger partial charge is 0.192 e. The van der Waals surface area contributed by atoms with Gasteiger partial charge in [-0.1, -0.05) is 30.3 Å². The summed E-state index contributed by atoms with van der Waals surface area (Å²) in [5, 5.41) is 3.42. The number of piperazine rings is 1. The highest BCUT2D eigenvalue weighted by Gasteiger charge is 2.39. The summed E-state index contributed by atoms with van der Waals surface area (Å²) in [6.07, 6.45) is 0.153. The summed E-state index contributed by atoms with van der Waals surface area (Å²) < 4.78 is 12.2. The first-order valence-corrected chi connectivity index (χ1v) is 7.49. The van der Waals surface area contributed by atoms with Crippen molar-refractivity contribution >= 4 is 0 Å². The van der Waals surface area contributed by atoms with E-state index in [0.717, 1.165) is 31.7 Å². The molecule has 0 aromatic heterocycles. The predicted molar refractivity (Wildman–Crippen MR) is 78.5 cm³/mol. The van der Waals surface area contributed by atoms with Gasteiger partial charge in [0.1, 0.15) is 0 Å². The molecule has 1 N–H and O–H groups in total. The molecule has 20 heavy (non-hydrogen) atoms. The van der Waals surface area contributed by atoms with E-state index in [1.165, 1.54) is 0 Å². The molecule has 3 atom stereocenters. The highest BCUT2D eigenvalue weighted by molar-refractivity contribution is 5.20. The van der Waals surface area contributed by atoms with E-state index in [9.17, 15) is 0 Å². The molecule has 2 aliphatic rings. The van der Waals surface area contributed by atoms with Gasteiger partial charge in [0, 0.05) is 37.8 Å². The second kappa shape index (κ2) is 5.82. The van der Waals surface area contributed by atoms with Gasteiger partial charge in [-0.2, -0.15) is 0 Å². The fourth-order valence-electron chi connectivity index (χ4n) is 3.04. The molecule has 4 nitrogen and oxygen atoms in total. The summed E-state index contributed by atoms with van der Waals surface area (Å²) in [5.41, 5.74) is 1.09. The van der Waals surface area contributed by atoms with E-state index in [1.807, 2.05) is 25.1 Å². The lowest BCUT2D eigenvalue weighted by Gasteiger charge is -2.35. The van der Waals surface area contributed by atoms with Crippen LogP contribution in [0.3, 0.4) is 0 Å². The minimum absolute atomic E-state index is 0.153. The number of hydrogen-bond donors (Lipinski definition) is 1. The first-order valence-electron chi connectivity index (χ1n) is 7.49. The third-order valence-corrected chi connectivity index (χ3v) is 4.31. The van der Waals surface area contributed by atoms with Gasteiger partial charge in [-0.25, -0.2) is 0 Å². The van der Waals surface area contributed by atoms with E-state index in [-0.39, 0.29) is 6.10 Å². The second-order valence-corrected chi connectivity index (χ2v) is 5.91. The van der Waals surface area contributed by atoms with Crippen LogP contribution in [0.5, 0.6) is 0 Å². The zero-order chi connectivity index (χ0) is 14.0. The molecule has 0 bridgehead atoms. The largest absolute Gasteiger partial charge is 0.343 e. The maximum absolute atomic E-state index is 6.20. The Balaban J connectivity index is 1.62. The Labute approximate surface area is 121 Å². The van der Waals surface area contributed by atoms with Gasteiger partial charge in [0.25, 0.3) is 0 Å². The molecule has 1 aromatic carbocycles. The highest BCUT2D eigenvalue weighted by atomic mass is 16.7. The second-order valence-electron chi connectivity index (χ2n) is 5.91. The fraction of sp³-hybridized carbons (Fsp3) is 0.625. The van der Waals surface area contributed by atoms with Gasteiger partial charge in [0.2, 0.25) is 0 Å². The Morgan fingerprint density at radius 1 is 1.35 bits per heavy atom. The molecule has 2 aliphatic heterocycles. The molecule has 3 rings (SSSR count). The standard InChI is InChI=1S/C16H24N2O2/c1-13-10-17-8-9-18(13)11-15-12-19-16(2,20-15)14-6-4-3-5-7-14/h3-7,13,15,17H,8-12H2,1-2H3/t13-,15?,16?/m1/s1. The van der Waals surface area contributed by atoms with Gasteiger partial charge in [0.05, 0.1) is 12.7 Å². The number of rotatable bonds is 3. The lowest BCUT2D eigenvalue weighted by Crippen LogP contribution is -2.52. The normalized spacial score (nSPS) is 35.3. The van der Waals surface area contributed by atoms with Gasteiger partial charge in [-0.15, -0.1) is 0 Å². The van der Waals surface area contributed by atoms with E-state index < -0.39 is 5.79 Å². The average Bonchev–Trinajstić information content (AvgIpc) is 2.85. The highest BCUT2D eigenvalue weighted by Crippen LogP contribution is 2.33. The van der Waals surface area contributed by atoms with Crippen molar-refractivity contribution in [2.75, 3.05) is 32.8 Å². The first kappa shape index (κ1) is 14.0. The Bertz CT molecular complexity index is 439. The van der Waals surface area contributed by atoms with Gasteiger partial charge in [-0.05, 0) is 13.8 Å². The number of hydrogen-bond acceptors (Lipinski definition) is 4. The number of ether oxygens (including phenoxy) is 2. The monoisotopic (exact) mass is 276 g/mol. The number of benzene rings is 1. The molecule has 0 amide bonds. The van der Waals surface area contributed by atoms with Crippen molar-refractivity contribution in [2.24, 2.45) is 0 Å². The fourth-order valence-corrected chi connectivity index (χ4v) is 3.04. The van der Waals surface area contributed by atoms with Crippen LogP contribution in [-0.4, -0.2) is 49.8 Å². The molecule has 110 valence electrons. The van der Waals surface area contributed by atoms with Crippen LogP contribution in [0.15, 0.2) is 30.3 Å². The molecule has 2 saturated heterocycles. The molecule has 4 heteroatoms. The summed E-state index contributed by atoms with van der Waals surface area (Å²) in [4.78, 5) is 2.49. The zero-order valence-corrected chi connectivity index (χ0v) is 12.3. The molecule has 0 radical (unpaired) electrons. The summed E-state index contributed by atoms with van der Waals surface area (Å²) in [6.45, 7) is 9.11. The van der Waals surface area contributed by atoms with Crippen molar-refractivity contribution in [3.63, 3.8) is 0 Å². The molecule has 1 aromatic rings. The average molecular weight is 276 g/mol. The molecular weight excluding hydrogens is 252 g/mol. The molecule has 2 heterocycles. The Morgan fingerprint density at radius 2 is 2.15 bits per heavy atom. The number of nitrogens with one attached hydrogen (secondary N) is 1. The van der Waals surface area contributed by atoms with Crippen molar-refractivity contribution in [2.45, 2.75) is 31.8 Å². The summed E-state index contributed by atoms with van der Waals surface area (Å²) >= 11 is 0. The Hall–Kier alpha value is -0.940. The van der Waals surface area contributed by atoms with Gasteiger partial charge in [-0.3, -0.25) is 4.90 Å². The van der Waals surface area contributed by atoms with Crippen molar-refractivity contribution in [1.29, 1.82) is 0 Å². The van der Waals surface area contributed by atoms with E-state index in [4.69, 9.17) is 9.47 Å². The van der Waals surface area contributed by atoms with Gasteiger partial charge >= 0.3 is 0 Å². The van der Waals surface area contributed by atoms with Crippen LogP contribution in [0.2, 0.25) is 0 Å². The summed E-state index contributed by atoms with van der Waals surface area (Å²) in [5.74, 6) is -0.594. The van der Waals surface area contributed by atoms with E-state index in [0.29, 0.717) is 12.6 Å². The predicted octanol–water partition coefficient (Wildman–Crippen LogP) is 1.57. The third kappa shape index (κ3) is 2.88. The van der Waals surface area contributed by atoms with E-state index >= 15 is 0 Å². The van der Waals surface area contributed by atoms with Crippen molar-refractivity contribution in [3.8, 4) is 0 Å². The van der Waals surface area contributed by atoms with Gasteiger partial charge < -0.3 is 14.8 Å². The van der Waals surface area contributed by atoms with Crippen LogP contribution in [0.4, 0.5) is 0 Å². The maximum atomic E-state index is 6.20. The lowest BCUT2D eigenvalue weighted by molar-refractivity contribution is -0.164. The SMILES string of the molecule is C[C@@H]1CNCCN1CC1COC(C)(c2ccccc2)O1. The molecule has 0 saturated carbocycles.